The summed E-state index contributed by atoms with van der Waals surface area (Å²) >= 11 is 5.65. The van der Waals surface area contributed by atoms with Crippen LogP contribution in [0, 0.1) is 18.2 Å². The monoisotopic (exact) mass is 455 g/mol. The number of Topliss-reactive ketones (excluding diaryl/α,β-unsaturated/α-hetero) is 1. The van der Waals surface area contributed by atoms with Gasteiger partial charge in [0.2, 0.25) is 0 Å². The Bertz CT molecular complexity index is 1250. The standard InChI is InChI=1S/C24H23ClFN3O3/c1-14-27-19-7-15(3-6-20(19)29(14)2)21(30)9-23-11-24(12-23,13-23)28-22(31)10-32-16-4-5-17(25)18(26)8-16/h3-8H,9-13H2,1-2H3,(H,28,31). The number of hydrogen-bond acceptors (Lipinski definition) is 4. The third kappa shape index (κ3) is 3.54. The lowest BCUT2D eigenvalue weighted by molar-refractivity contribution is -0.164. The number of nitrogens with zero attached hydrogens (tertiary/aromatic N) is 2. The quantitative estimate of drug-likeness (QED) is 0.537. The molecule has 0 atom stereocenters. The Morgan fingerprint density at radius 1 is 1.22 bits per heavy atom. The van der Waals surface area contributed by atoms with Crippen LogP contribution in [0.1, 0.15) is 41.9 Å². The van der Waals surface area contributed by atoms with Crippen LogP contribution < -0.4 is 10.1 Å². The van der Waals surface area contributed by atoms with Gasteiger partial charge in [-0.1, -0.05) is 11.6 Å². The normalized spacial score (nSPS) is 23.4. The third-order valence-electron chi connectivity index (χ3n) is 6.77. The maximum absolute atomic E-state index is 13.5. The number of carbonyl (C=O) groups is 2. The molecule has 166 valence electrons. The van der Waals surface area contributed by atoms with Crippen molar-refractivity contribution in [2.75, 3.05) is 6.61 Å². The number of benzene rings is 2. The van der Waals surface area contributed by atoms with E-state index >= 15 is 0 Å². The third-order valence-corrected chi connectivity index (χ3v) is 7.07. The van der Waals surface area contributed by atoms with Gasteiger partial charge in [0, 0.05) is 30.6 Å². The fourth-order valence-electron chi connectivity index (χ4n) is 5.30. The van der Waals surface area contributed by atoms with E-state index in [4.69, 9.17) is 16.3 Å². The minimum Gasteiger partial charge on any atom is -0.484 e. The first-order valence-corrected chi connectivity index (χ1v) is 10.9. The highest BCUT2D eigenvalue weighted by Gasteiger charge is 2.68. The van der Waals surface area contributed by atoms with Crippen LogP contribution in [0.2, 0.25) is 5.02 Å². The van der Waals surface area contributed by atoms with Gasteiger partial charge in [0.25, 0.3) is 5.91 Å². The van der Waals surface area contributed by atoms with Gasteiger partial charge in [0.1, 0.15) is 17.4 Å². The van der Waals surface area contributed by atoms with Crippen molar-refractivity contribution < 1.29 is 18.7 Å². The first-order chi connectivity index (χ1) is 15.2. The molecule has 32 heavy (non-hydrogen) atoms. The van der Waals surface area contributed by atoms with E-state index in [0.717, 1.165) is 42.2 Å². The van der Waals surface area contributed by atoms with Crippen molar-refractivity contribution in [1.29, 1.82) is 0 Å². The summed E-state index contributed by atoms with van der Waals surface area (Å²) in [5, 5.41) is 3.02. The molecule has 1 N–H and O–H groups in total. The first-order valence-electron chi connectivity index (χ1n) is 10.5. The summed E-state index contributed by atoms with van der Waals surface area (Å²) in [6.07, 6.45) is 2.84. The second-order valence-corrected chi connectivity index (χ2v) is 9.65. The molecule has 8 heteroatoms. The van der Waals surface area contributed by atoms with Crippen molar-refractivity contribution in [3.63, 3.8) is 0 Å². The lowest BCUT2D eigenvalue weighted by Crippen LogP contribution is -2.75. The molecule has 6 nitrogen and oxygen atoms in total. The fourth-order valence-corrected chi connectivity index (χ4v) is 5.42. The zero-order chi connectivity index (χ0) is 22.7. The number of rotatable bonds is 7. The van der Waals surface area contributed by atoms with E-state index in [9.17, 15) is 14.0 Å². The van der Waals surface area contributed by atoms with E-state index in [1.165, 1.54) is 12.1 Å². The molecule has 0 spiro atoms. The number of ketones is 1. The van der Waals surface area contributed by atoms with Crippen LogP contribution in [0.25, 0.3) is 11.0 Å². The number of hydrogen-bond donors (Lipinski definition) is 1. The molecule has 1 amide bonds. The Morgan fingerprint density at radius 3 is 2.69 bits per heavy atom. The van der Waals surface area contributed by atoms with Gasteiger partial charge in [-0.25, -0.2) is 9.37 Å². The Balaban J connectivity index is 1.13. The van der Waals surface area contributed by atoms with E-state index in [1.807, 2.05) is 36.7 Å². The van der Waals surface area contributed by atoms with Crippen molar-refractivity contribution in [2.45, 2.75) is 38.1 Å². The number of imidazole rings is 1. The van der Waals surface area contributed by atoms with E-state index in [2.05, 4.69) is 10.3 Å². The molecular weight excluding hydrogens is 433 g/mol. The maximum atomic E-state index is 13.5. The minimum absolute atomic E-state index is 0.00517. The molecule has 1 aromatic heterocycles. The summed E-state index contributed by atoms with van der Waals surface area (Å²) in [6.45, 7) is 1.74. The average Bonchev–Trinajstić information content (AvgIpc) is 2.99. The number of halogens is 2. The summed E-state index contributed by atoms with van der Waals surface area (Å²) in [4.78, 5) is 29.7. The summed E-state index contributed by atoms with van der Waals surface area (Å²) in [7, 11) is 1.96. The Kier molecular flexibility index (Phi) is 4.78. The van der Waals surface area contributed by atoms with Gasteiger partial charge < -0.3 is 14.6 Å². The molecule has 1 heterocycles. The van der Waals surface area contributed by atoms with E-state index in [0.29, 0.717) is 12.0 Å². The largest absolute Gasteiger partial charge is 0.484 e. The van der Waals surface area contributed by atoms with Gasteiger partial charge in [-0.15, -0.1) is 0 Å². The summed E-state index contributed by atoms with van der Waals surface area (Å²) < 4.78 is 20.8. The average molecular weight is 456 g/mol. The SMILES string of the molecule is Cc1nc2cc(C(=O)CC34CC(NC(=O)COc5ccc(Cl)c(F)c5)(C3)C4)ccc2n1C. The molecule has 3 aromatic rings. The maximum Gasteiger partial charge on any atom is 0.258 e. The zero-order valence-electron chi connectivity index (χ0n) is 17.9. The number of fused-ring (bicyclic) bond motifs is 1. The molecular formula is C24H23ClFN3O3. The smallest absolute Gasteiger partial charge is 0.258 e. The number of nitrogens with one attached hydrogen (secondary N) is 1. The lowest BCUT2D eigenvalue weighted by Gasteiger charge is -2.70. The highest BCUT2D eigenvalue weighted by atomic mass is 35.5. The second kappa shape index (κ2) is 7.30. The molecule has 3 aliphatic carbocycles. The lowest BCUT2D eigenvalue weighted by atomic mass is 9.38. The molecule has 2 aromatic carbocycles. The fraction of sp³-hybridized carbons (Fsp3) is 0.375. The van der Waals surface area contributed by atoms with Gasteiger partial charge in [-0.2, -0.15) is 0 Å². The van der Waals surface area contributed by atoms with Gasteiger partial charge in [-0.3, -0.25) is 9.59 Å². The van der Waals surface area contributed by atoms with Gasteiger partial charge in [0.15, 0.2) is 12.4 Å². The predicted octanol–water partition coefficient (Wildman–Crippen LogP) is 4.36. The van der Waals surface area contributed by atoms with Crippen molar-refractivity contribution in [1.82, 2.24) is 14.9 Å². The number of amides is 1. The molecule has 2 bridgehead atoms. The highest BCUT2D eigenvalue weighted by molar-refractivity contribution is 6.30. The molecule has 3 aliphatic rings. The van der Waals surface area contributed by atoms with Crippen LogP contribution in [0.5, 0.6) is 5.75 Å². The van der Waals surface area contributed by atoms with Crippen LogP contribution >= 0.6 is 11.6 Å². The summed E-state index contributed by atoms with van der Waals surface area (Å²) in [5.74, 6) is 0.431. The Morgan fingerprint density at radius 2 is 1.97 bits per heavy atom. The molecule has 3 fully saturated rings. The molecule has 0 aliphatic heterocycles. The molecule has 3 saturated carbocycles. The van der Waals surface area contributed by atoms with E-state index < -0.39 is 5.82 Å². The van der Waals surface area contributed by atoms with Gasteiger partial charge >= 0.3 is 0 Å². The Labute approximate surface area is 189 Å². The van der Waals surface area contributed by atoms with Crippen LogP contribution in [-0.2, 0) is 11.8 Å². The number of aromatic nitrogens is 2. The van der Waals surface area contributed by atoms with Crippen LogP contribution in [-0.4, -0.2) is 33.4 Å². The van der Waals surface area contributed by atoms with Crippen molar-refractivity contribution in [3.8, 4) is 5.75 Å². The van der Waals surface area contributed by atoms with Crippen LogP contribution in [0.15, 0.2) is 36.4 Å². The molecule has 6 rings (SSSR count). The first kappa shape index (κ1) is 20.9. The van der Waals surface area contributed by atoms with Gasteiger partial charge in [0.05, 0.1) is 16.1 Å². The topological polar surface area (TPSA) is 73.2 Å². The second-order valence-electron chi connectivity index (χ2n) is 9.24. The van der Waals surface area contributed by atoms with Crippen LogP contribution in [0.4, 0.5) is 4.39 Å². The molecule has 0 unspecified atom stereocenters. The number of ether oxygens (including phenoxy) is 1. The van der Waals surface area contributed by atoms with Gasteiger partial charge in [-0.05, 0) is 61.9 Å². The minimum atomic E-state index is -0.590. The Hall–Kier alpha value is -2.93. The summed E-state index contributed by atoms with van der Waals surface area (Å²) in [5.41, 5.74) is 2.25. The predicted molar refractivity (Wildman–Crippen MR) is 118 cm³/mol. The highest BCUT2D eigenvalue weighted by Crippen LogP contribution is 2.69. The van der Waals surface area contributed by atoms with Crippen molar-refractivity contribution in [2.24, 2.45) is 12.5 Å². The number of aryl methyl sites for hydroxylation is 2. The molecule has 0 radical (unpaired) electrons. The summed E-state index contributed by atoms with van der Waals surface area (Å²) in [6, 6.07) is 9.73. The van der Waals surface area contributed by atoms with Crippen LogP contribution in [0.3, 0.4) is 0 Å². The van der Waals surface area contributed by atoms with E-state index in [-0.39, 0.29) is 40.0 Å². The van der Waals surface area contributed by atoms with Crippen molar-refractivity contribution >= 4 is 34.3 Å². The molecule has 0 saturated heterocycles. The number of carbonyl (C=O) groups excluding carboxylic acids is 2. The van der Waals surface area contributed by atoms with Crippen molar-refractivity contribution in [3.05, 3.63) is 58.6 Å². The van der Waals surface area contributed by atoms with E-state index in [1.54, 1.807) is 0 Å². The zero-order valence-corrected chi connectivity index (χ0v) is 18.6.